The van der Waals surface area contributed by atoms with E-state index in [1.165, 1.54) is 0 Å². The molecule has 17 heavy (non-hydrogen) atoms. The van der Waals surface area contributed by atoms with Crippen molar-refractivity contribution in [2.75, 3.05) is 19.7 Å². The Bertz CT molecular complexity index is 366. The lowest BCUT2D eigenvalue weighted by Gasteiger charge is -2.20. The molecule has 0 saturated carbocycles. The summed E-state index contributed by atoms with van der Waals surface area (Å²) in [5, 5.41) is 8.87. The fourth-order valence-electron chi connectivity index (χ4n) is 1.78. The molecule has 0 bridgehead atoms. The third-order valence-corrected chi connectivity index (χ3v) is 2.78. The number of amides is 1. The molecule has 0 spiro atoms. The summed E-state index contributed by atoms with van der Waals surface area (Å²) in [4.78, 5) is 13.6. The largest absolute Gasteiger partial charge is 0.395 e. The van der Waals surface area contributed by atoms with Crippen molar-refractivity contribution in [2.45, 2.75) is 19.9 Å². The van der Waals surface area contributed by atoms with Crippen molar-refractivity contribution in [3.05, 3.63) is 35.4 Å². The topological polar surface area (TPSA) is 66.6 Å². The molecular formula is C13H20N2O2. The minimum atomic E-state index is -0.00187. The maximum absolute atomic E-state index is 12.0. The van der Waals surface area contributed by atoms with E-state index in [2.05, 4.69) is 0 Å². The van der Waals surface area contributed by atoms with E-state index in [1.807, 2.05) is 31.2 Å². The third-order valence-electron chi connectivity index (χ3n) is 2.78. The summed E-state index contributed by atoms with van der Waals surface area (Å²) < 4.78 is 0. The number of nitrogens with two attached hydrogens (primary N) is 1. The molecule has 4 nitrogen and oxygen atoms in total. The highest BCUT2D eigenvalue weighted by Gasteiger charge is 2.13. The maximum Gasteiger partial charge on any atom is 0.227 e. The Balaban J connectivity index is 2.72. The summed E-state index contributed by atoms with van der Waals surface area (Å²) >= 11 is 0. The van der Waals surface area contributed by atoms with Crippen LogP contribution in [0.25, 0.3) is 0 Å². The summed E-state index contributed by atoms with van der Waals surface area (Å²) in [5.41, 5.74) is 7.60. The van der Waals surface area contributed by atoms with Crippen LogP contribution in [0.2, 0.25) is 0 Å². The van der Waals surface area contributed by atoms with E-state index in [0.29, 0.717) is 26.1 Å². The van der Waals surface area contributed by atoms with Crippen LogP contribution in [0, 0.1) is 0 Å². The summed E-state index contributed by atoms with van der Waals surface area (Å²) in [6, 6.07) is 7.68. The van der Waals surface area contributed by atoms with Crippen LogP contribution in [-0.2, 0) is 17.8 Å². The Morgan fingerprint density at radius 1 is 1.35 bits per heavy atom. The summed E-state index contributed by atoms with van der Waals surface area (Å²) in [5.74, 6) is 0.0300. The number of rotatable bonds is 6. The van der Waals surface area contributed by atoms with E-state index in [4.69, 9.17) is 10.8 Å². The van der Waals surface area contributed by atoms with Gasteiger partial charge in [-0.3, -0.25) is 4.79 Å². The zero-order valence-corrected chi connectivity index (χ0v) is 10.2. The molecule has 0 heterocycles. The van der Waals surface area contributed by atoms with Gasteiger partial charge in [0.2, 0.25) is 5.91 Å². The summed E-state index contributed by atoms with van der Waals surface area (Å²) in [6.07, 6.45) is 0.348. The third kappa shape index (κ3) is 3.84. The van der Waals surface area contributed by atoms with E-state index in [9.17, 15) is 4.79 Å². The lowest BCUT2D eigenvalue weighted by atomic mass is 10.0. The van der Waals surface area contributed by atoms with Gasteiger partial charge in [0, 0.05) is 19.6 Å². The maximum atomic E-state index is 12.0. The van der Waals surface area contributed by atoms with Crippen LogP contribution in [0.1, 0.15) is 18.1 Å². The molecule has 1 aromatic carbocycles. The van der Waals surface area contributed by atoms with Gasteiger partial charge in [-0.05, 0) is 18.1 Å². The van der Waals surface area contributed by atoms with Crippen molar-refractivity contribution in [2.24, 2.45) is 5.73 Å². The molecule has 0 saturated heterocycles. The fourth-order valence-corrected chi connectivity index (χ4v) is 1.78. The zero-order valence-electron chi connectivity index (χ0n) is 10.2. The monoisotopic (exact) mass is 236 g/mol. The van der Waals surface area contributed by atoms with Crippen LogP contribution in [0.5, 0.6) is 0 Å². The number of nitrogens with zero attached hydrogens (tertiary/aromatic N) is 1. The number of aliphatic hydroxyl groups is 1. The standard InChI is InChI=1S/C13H20N2O2/c1-2-15(7-8-16)13(17)9-11-5-3-4-6-12(11)10-14/h3-6,16H,2,7-10,14H2,1H3. The molecule has 94 valence electrons. The SMILES string of the molecule is CCN(CCO)C(=O)Cc1ccccc1CN. The molecule has 0 unspecified atom stereocenters. The van der Waals surface area contributed by atoms with Crippen molar-refractivity contribution in [1.29, 1.82) is 0 Å². The number of aliphatic hydroxyl groups excluding tert-OH is 1. The first-order valence-electron chi connectivity index (χ1n) is 5.88. The second kappa shape index (κ2) is 7.04. The first-order chi connectivity index (χ1) is 8.22. The molecule has 1 aromatic rings. The Morgan fingerprint density at radius 3 is 2.53 bits per heavy atom. The number of benzene rings is 1. The van der Waals surface area contributed by atoms with Crippen LogP contribution >= 0.6 is 0 Å². The van der Waals surface area contributed by atoms with E-state index in [-0.39, 0.29) is 12.5 Å². The summed E-state index contributed by atoms with van der Waals surface area (Å²) in [6.45, 7) is 3.35. The van der Waals surface area contributed by atoms with E-state index < -0.39 is 0 Å². The molecule has 4 heteroatoms. The van der Waals surface area contributed by atoms with E-state index in [1.54, 1.807) is 4.90 Å². The number of carbonyl (C=O) groups excluding carboxylic acids is 1. The van der Waals surface area contributed by atoms with Crippen LogP contribution in [0.4, 0.5) is 0 Å². The van der Waals surface area contributed by atoms with Gasteiger partial charge in [0.15, 0.2) is 0 Å². The van der Waals surface area contributed by atoms with Crippen LogP contribution in [0.15, 0.2) is 24.3 Å². The number of hydrogen-bond acceptors (Lipinski definition) is 3. The minimum absolute atomic E-state index is 0.00187. The molecule has 3 N–H and O–H groups in total. The summed E-state index contributed by atoms with van der Waals surface area (Å²) in [7, 11) is 0. The second-order valence-electron chi connectivity index (χ2n) is 3.85. The van der Waals surface area contributed by atoms with Crippen molar-refractivity contribution in [3.63, 3.8) is 0 Å². The molecule has 0 aliphatic carbocycles. The Kier molecular flexibility index (Phi) is 5.66. The van der Waals surface area contributed by atoms with Crippen LogP contribution in [-0.4, -0.2) is 35.6 Å². The molecular weight excluding hydrogens is 216 g/mol. The second-order valence-corrected chi connectivity index (χ2v) is 3.85. The first kappa shape index (κ1) is 13.7. The first-order valence-corrected chi connectivity index (χ1v) is 5.88. The highest BCUT2D eigenvalue weighted by Crippen LogP contribution is 2.10. The highest BCUT2D eigenvalue weighted by molar-refractivity contribution is 5.79. The van der Waals surface area contributed by atoms with Gasteiger partial charge in [-0.2, -0.15) is 0 Å². The van der Waals surface area contributed by atoms with Gasteiger partial charge in [-0.15, -0.1) is 0 Å². The molecule has 1 amide bonds. The number of carbonyl (C=O) groups is 1. The van der Waals surface area contributed by atoms with E-state index >= 15 is 0 Å². The van der Waals surface area contributed by atoms with E-state index in [0.717, 1.165) is 11.1 Å². The van der Waals surface area contributed by atoms with Gasteiger partial charge >= 0.3 is 0 Å². The van der Waals surface area contributed by atoms with Crippen molar-refractivity contribution < 1.29 is 9.90 Å². The molecule has 0 aliphatic heterocycles. The fraction of sp³-hybridized carbons (Fsp3) is 0.462. The average Bonchev–Trinajstić information content (AvgIpc) is 2.36. The molecule has 0 atom stereocenters. The predicted molar refractivity (Wildman–Crippen MR) is 67.4 cm³/mol. The molecule has 0 aromatic heterocycles. The molecule has 0 aliphatic rings. The van der Waals surface area contributed by atoms with Crippen LogP contribution < -0.4 is 5.73 Å². The smallest absolute Gasteiger partial charge is 0.227 e. The van der Waals surface area contributed by atoms with Crippen LogP contribution in [0.3, 0.4) is 0 Å². The van der Waals surface area contributed by atoms with Gasteiger partial charge in [0.1, 0.15) is 0 Å². The number of likely N-dealkylation sites (N-methyl/N-ethyl adjacent to an activating group) is 1. The quantitative estimate of drug-likeness (QED) is 0.757. The average molecular weight is 236 g/mol. The molecule has 1 rings (SSSR count). The number of hydrogen-bond donors (Lipinski definition) is 2. The molecule has 0 radical (unpaired) electrons. The minimum Gasteiger partial charge on any atom is -0.395 e. The van der Waals surface area contributed by atoms with Gasteiger partial charge in [-0.1, -0.05) is 24.3 Å². The Hall–Kier alpha value is -1.39. The zero-order chi connectivity index (χ0) is 12.7. The highest BCUT2D eigenvalue weighted by atomic mass is 16.3. The van der Waals surface area contributed by atoms with Crippen molar-refractivity contribution >= 4 is 5.91 Å². The van der Waals surface area contributed by atoms with Gasteiger partial charge < -0.3 is 15.7 Å². The Morgan fingerprint density at radius 2 is 2.00 bits per heavy atom. The van der Waals surface area contributed by atoms with Gasteiger partial charge in [0.25, 0.3) is 0 Å². The lowest BCUT2D eigenvalue weighted by molar-refractivity contribution is -0.130. The van der Waals surface area contributed by atoms with Gasteiger partial charge in [-0.25, -0.2) is 0 Å². The Labute approximate surface area is 102 Å². The van der Waals surface area contributed by atoms with Gasteiger partial charge in [0.05, 0.1) is 13.0 Å². The normalized spacial score (nSPS) is 10.3. The predicted octanol–water partition coefficient (Wildman–Crippen LogP) is 0.529. The molecule has 0 fully saturated rings. The lowest BCUT2D eigenvalue weighted by Crippen LogP contribution is -2.34. The van der Waals surface area contributed by atoms with Crippen molar-refractivity contribution in [3.8, 4) is 0 Å². The van der Waals surface area contributed by atoms with Crippen molar-refractivity contribution in [1.82, 2.24) is 4.90 Å².